The molecule has 6 heteroatoms. The van der Waals surface area contributed by atoms with Crippen molar-refractivity contribution in [2.45, 2.75) is 32.1 Å². The van der Waals surface area contributed by atoms with Crippen LogP contribution in [0.3, 0.4) is 0 Å². The molecule has 0 bridgehead atoms. The molecule has 0 unspecified atom stereocenters. The van der Waals surface area contributed by atoms with Crippen molar-refractivity contribution in [3.63, 3.8) is 0 Å². The quantitative estimate of drug-likeness (QED) is 0.918. The maximum absolute atomic E-state index is 13.8. The van der Waals surface area contributed by atoms with E-state index in [1.54, 1.807) is 4.90 Å². The summed E-state index contributed by atoms with van der Waals surface area (Å²) in [6, 6.07) is 3.37. The van der Waals surface area contributed by atoms with Crippen LogP contribution in [0, 0.1) is 23.5 Å². The molecule has 4 nitrogen and oxygen atoms in total. The molecule has 3 atom stereocenters. The number of benzene rings is 1. The van der Waals surface area contributed by atoms with E-state index < -0.39 is 11.6 Å². The van der Waals surface area contributed by atoms with Gasteiger partial charge in [-0.05, 0) is 55.9 Å². The topological polar surface area (TPSA) is 49.4 Å². The maximum atomic E-state index is 13.8. The van der Waals surface area contributed by atoms with Crippen LogP contribution >= 0.6 is 0 Å². The van der Waals surface area contributed by atoms with E-state index in [9.17, 15) is 18.4 Å². The molecule has 24 heavy (non-hydrogen) atoms. The molecule has 0 radical (unpaired) electrons. The number of likely N-dealkylation sites (tertiary alicyclic amines) is 1. The van der Waals surface area contributed by atoms with Gasteiger partial charge in [0, 0.05) is 25.6 Å². The molecule has 1 aromatic rings. The summed E-state index contributed by atoms with van der Waals surface area (Å²) in [5.41, 5.74) is 0.283. The van der Waals surface area contributed by atoms with Crippen LogP contribution < -0.4 is 5.32 Å². The Bertz CT molecular complexity index is 650. The average Bonchev–Trinajstić information content (AvgIpc) is 3.37. The number of hydrogen-bond donors (Lipinski definition) is 1. The first-order chi connectivity index (χ1) is 11.5. The summed E-state index contributed by atoms with van der Waals surface area (Å²) in [4.78, 5) is 26.3. The fourth-order valence-electron chi connectivity index (χ4n) is 3.55. The summed E-state index contributed by atoms with van der Waals surface area (Å²) in [5, 5.41) is 2.80. The predicted molar refractivity (Wildman–Crippen MR) is 85.2 cm³/mol. The number of amides is 2. The molecule has 1 aromatic carbocycles. The van der Waals surface area contributed by atoms with Crippen molar-refractivity contribution in [3.05, 3.63) is 35.4 Å². The molecule has 1 N–H and O–H groups in total. The number of halogens is 2. The highest BCUT2D eigenvalue weighted by Crippen LogP contribution is 2.49. The molecule has 0 spiro atoms. The average molecular weight is 336 g/mol. The number of nitrogens with zero attached hydrogens (tertiary/aromatic N) is 1. The van der Waals surface area contributed by atoms with Crippen LogP contribution in [0.5, 0.6) is 0 Å². The number of piperidine rings is 1. The van der Waals surface area contributed by atoms with Gasteiger partial charge in [-0.3, -0.25) is 9.59 Å². The van der Waals surface area contributed by atoms with Gasteiger partial charge in [-0.25, -0.2) is 8.78 Å². The van der Waals surface area contributed by atoms with Gasteiger partial charge in [-0.15, -0.1) is 0 Å². The Morgan fingerprint density at radius 2 is 2.12 bits per heavy atom. The summed E-state index contributed by atoms with van der Waals surface area (Å²) >= 11 is 0. The molecule has 130 valence electrons. The lowest BCUT2D eigenvalue weighted by Gasteiger charge is -2.32. The Balaban J connectivity index is 1.63. The van der Waals surface area contributed by atoms with Crippen LogP contribution in [-0.4, -0.2) is 36.3 Å². The summed E-state index contributed by atoms with van der Waals surface area (Å²) in [6.45, 7) is 3.49. The van der Waals surface area contributed by atoms with E-state index in [1.165, 1.54) is 6.07 Å². The molecular formula is C18H22F2N2O2. The molecule has 1 aliphatic carbocycles. The van der Waals surface area contributed by atoms with Gasteiger partial charge in [0.1, 0.15) is 11.6 Å². The van der Waals surface area contributed by atoms with Crippen LogP contribution in [0.25, 0.3) is 0 Å². The highest BCUT2D eigenvalue weighted by molar-refractivity contribution is 5.85. The van der Waals surface area contributed by atoms with E-state index in [0.29, 0.717) is 26.1 Å². The normalized spacial score (nSPS) is 26.1. The Labute approximate surface area is 140 Å². The van der Waals surface area contributed by atoms with E-state index in [-0.39, 0.29) is 35.1 Å². The minimum Gasteiger partial charge on any atom is -0.356 e. The van der Waals surface area contributed by atoms with Crippen LogP contribution in [0.4, 0.5) is 8.78 Å². The van der Waals surface area contributed by atoms with Crippen molar-refractivity contribution in [2.75, 3.05) is 19.6 Å². The molecular weight excluding hydrogens is 314 g/mol. The second-order valence-corrected chi connectivity index (χ2v) is 6.63. The summed E-state index contributed by atoms with van der Waals surface area (Å²) < 4.78 is 27.2. The number of carbonyl (C=O) groups is 2. The number of rotatable bonds is 4. The summed E-state index contributed by atoms with van der Waals surface area (Å²) in [6.07, 6.45) is 2.11. The van der Waals surface area contributed by atoms with Crippen molar-refractivity contribution in [1.29, 1.82) is 0 Å². The third kappa shape index (κ3) is 3.42. The van der Waals surface area contributed by atoms with Crippen molar-refractivity contribution in [3.8, 4) is 0 Å². The van der Waals surface area contributed by atoms with E-state index >= 15 is 0 Å². The van der Waals surface area contributed by atoms with E-state index in [1.807, 2.05) is 6.92 Å². The van der Waals surface area contributed by atoms with Gasteiger partial charge >= 0.3 is 0 Å². The van der Waals surface area contributed by atoms with Crippen molar-refractivity contribution in [2.24, 2.45) is 11.8 Å². The lowest BCUT2D eigenvalue weighted by atomic mass is 9.96. The molecule has 0 aromatic heterocycles. The first-order valence-electron chi connectivity index (χ1n) is 8.52. The van der Waals surface area contributed by atoms with Gasteiger partial charge in [0.15, 0.2) is 0 Å². The Hall–Kier alpha value is -1.98. The van der Waals surface area contributed by atoms with Crippen LogP contribution in [-0.2, 0) is 9.59 Å². The SMILES string of the molecule is CCNC(=O)[C@@H]1CCCN(C(=O)[C@H]2C[C@H]2c2cc(F)ccc2F)C1. The van der Waals surface area contributed by atoms with Crippen LogP contribution in [0.15, 0.2) is 18.2 Å². The van der Waals surface area contributed by atoms with Gasteiger partial charge in [-0.1, -0.05) is 0 Å². The largest absolute Gasteiger partial charge is 0.356 e. The maximum Gasteiger partial charge on any atom is 0.226 e. The zero-order chi connectivity index (χ0) is 17.3. The van der Waals surface area contributed by atoms with Crippen LogP contribution in [0.2, 0.25) is 0 Å². The minimum atomic E-state index is -0.487. The monoisotopic (exact) mass is 336 g/mol. The molecule has 2 amide bonds. The van der Waals surface area contributed by atoms with E-state index in [4.69, 9.17) is 0 Å². The fraction of sp³-hybridized carbons (Fsp3) is 0.556. The lowest BCUT2D eigenvalue weighted by Crippen LogP contribution is -2.46. The number of nitrogens with one attached hydrogen (secondary N) is 1. The zero-order valence-corrected chi connectivity index (χ0v) is 13.7. The Morgan fingerprint density at radius 1 is 1.33 bits per heavy atom. The molecule has 1 saturated carbocycles. The van der Waals surface area contributed by atoms with Crippen LogP contribution in [0.1, 0.15) is 37.7 Å². The van der Waals surface area contributed by atoms with Gasteiger partial charge < -0.3 is 10.2 Å². The first kappa shape index (κ1) is 16.9. The smallest absolute Gasteiger partial charge is 0.226 e. The third-order valence-corrected chi connectivity index (χ3v) is 4.92. The summed E-state index contributed by atoms with van der Waals surface area (Å²) in [7, 11) is 0. The number of hydrogen-bond acceptors (Lipinski definition) is 2. The molecule has 3 rings (SSSR count). The molecule has 1 heterocycles. The Morgan fingerprint density at radius 3 is 2.88 bits per heavy atom. The first-order valence-corrected chi connectivity index (χ1v) is 8.52. The zero-order valence-electron chi connectivity index (χ0n) is 13.7. The standard InChI is InChI=1S/C18H22F2N2O2/c1-2-21-17(23)11-4-3-7-22(10-11)18(24)15-9-13(15)14-8-12(19)5-6-16(14)20/h5-6,8,11,13,15H,2-4,7,9-10H2,1H3,(H,21,23)/t11-,13+,15+/m1/s1. The second kappa shape index (κ2) is 6.87. The molecule has 2 aliphatic rings. The minimum absolute atomic E-state index is 0.0153. The van der Waals surface area contributed by atoms with Crippen molar-refractivity contribution >= 4 is 11.8 Å². The third-order valence-electron chi connectivity index (χ3n) is 4.92. The Kier molecular flexibility index (Phi) is 4.83. The van der Waals surface area contributed by atoms with Crippen molar-refractivity contribution < 1.29 is 18.4 Å². The van der Waals surface area contributed by atoms with Gasteiger partial charge in [0.2, 0.25) is 11.8 Å². The lowest BCUT2D eigenvalue weighted by molar-refractivity contribution is -0.136. The van der Waals surface area contributed by atoms with Gasteiger partial charge in [-0.2, -0.15) is 0 Å². The highest BCUT2D eigenvalue weighted by Gasteiger charge is 2.47. The van der Waals surface area contributed by atoms with Gasteiger partial charge in [0.05, 0.1) is 5.92 Å². The fourth-order valence-corrected chi connectivity index (χ4v) is 3.55. The predicted octanol–water partition coefficient (Wildman–Crippen LogP) is 2.44. The highest BCUT2D eigenvalue weighted by atomic mass is 19.1. The molecule has 1 aliphatic heterocycles. The van der Waals surface area contributed by atoms with Crippen molar-refractivity contribution in [1.82, 2.24) is 10.2 Å². The summed E-state index contributed by atoms with van der Waals surface area (Å²) in [5.74, 6) is -1.73. The van der Waals surface area contributed by atoms with Gasteiger partial charge in [0.25, 0.3) is 0 Å². The molecule has 2 fully saturated rings. The van der Waals surface area contributed by atoms with E-state index in [0.717, 1.165) is 25.0 Å². The molecule has 1 saturated heterocycles. The number of carbonyl (C=O) groups excluding carboxylic acids is 2. The second-order valence-electron chi connectivity index (χ2n) is 6.63. The van der Waals surface area contributed by atoms with E-state index in [2.05, 4.69) is 5.32 Å².